The van der Waals surface area contributed by atoms with Crippen molar-refractivity contribution in [1.29, 1.82) is 0 Å². The summed E-state index contributed by atoms with van der Waals surface area (Å²) >= 11 is 1.48. The van der Waals surface area contributed by atoms with Crippen molar-refractivity contribution in [1.82, 2.24) is 20.1 Å². The Kier molecular flexibility index (Phi) is 4.37. The highest BCUT2D eigenvalue weighted by Gasteiger charge is 2.36. The first-order valence-corrected chi connectivity index (χ1v) is 9.34. The maximum absolute atomic E-state index is 6.45. The van der Waals surface area contributed by atoms with Gasteiger partial charge in [-0.1, -0.05) is 18.0 Å². The summed E-state index contributed by atoms with van der Waals surface area (Å²) in [5.74, 6) is 2.14. The SMILES string of the molecule is COCc1nc(OC)c2c(C)c(-c3nc(C4(N)CCCC4)no3)sc2n1. The maximum Gasteiger partial charge on any atom is 0.268 e. The van der Waals surface area contributed by atoms with Crippen molar-refractivity contribution in [3.05, 3.63) is 17.2 Å². The van der Waals surface area contributed by atoms with E-state index in [4.69, 9.17) is 19.7 Å². The first-order chi connectivity index (χ1) is 12.6. The minimum absolute atomic E-state index is 0.318. The van der Waals surface area contributed by atoms with E-state index in [1.807, 2.05) is 6.92 Å². The quantitative estimate of drug-likeness (QED) is 0.725. The van der Waals surface area contributed by atoms with Crippen LogP contribution in [0.4, 0.5) is 0 Å². The van der Waals surface area contributed by atoms with Crippen molar-refractivity contribution in [2.75, 3.05) is 14.2 Å². The molecule has 0 bridgehead atoms. The molecule has 0 spiro atoms. The zero-order chi connectivity index (χ0) is 18.3. The van der Waals surface area contributed by atoms with Gasteiger partial charge in [-0.05, 0) is 25.3 Å². The molecule has 26 heavy (non-hydrogen) atoms. The van der Waals surface area contributed by atoms with Crippen molar-refractivity contribution >= 4 is 21.6 Å². The topological polar surface area (TPSA) is 109 Å². The number of aromatic nitrogens is 4. The zero-order valence-electron chi connectivity index (χ0n) is 15.0. The molecule has 3 heterocycles. The number of nitrogens with zero attached hydrogens (tertiary/aromatic N) is 4. The zero-order valence-corrected chi connectivity index (χ0v) is 15.9. The van der Waals surface area contributed by atoms with E-state index in [2.05, 4.69) is 20.1 Å². The van der Waals surface area contributed by atoms with Gasteiger partial charge in [0, 0.05) is 7.11 Å². The maximum atomic E-state index is 6.45. The predicted octanol–water partition coefficient (Wildman–Crippen LogP) is 2.93. The second-order valence-electron chi connectivity index (χ2n) is 6.60. The average molecular weight is 375 g/mol. The fraction of sp³-hybridized carbons (Fsp3) is 0.529. The molecule has 1 saturated carbocycles. The molecule has 9 heteroatoms. The second-order valence-corrected chi connectivity index (χ2v) is 7.60. The summed E-state index contributed by atoms with van der Waals surface area (Å²) in [6.07, 6.45) is 3.96. The number of fused-ring (bicyclic) bond motifs is 1. The van der Waals surface area contributed by atoms with Crippen LogP contribution in [0.5, 0.6) is 5.88 Å². The van der Waals surface area contributed by atoms with E-state index in [-0.39, 0.29) is 0 Å². The van der Waals surface area contributed by atoms with Crippen LogP contribution >= 0.6 is 11.3 Å². The van der Waals surface area contributed by atoms with Crippen molar-refractivity contribution < 1.29 is 14.0 Å². The minimum atomic E-state index is -0.477. The number of nitrogens with two attached hydrogens (primary N) is 1. The van der Waals surface area contributed by atoms with Crippen LogP contribution < -0.4 is 10.5 Å². The molecule has 0 unspecified atom stereocenters. The van der Waals surface area contributed by atoms with Crippen molar-refractivity contribution in [2.45, 2.75) is 44.8 Å². The molecule has 0 aromatic carbocycles. The van der Waals surface area contributed by atoms with E-state index < -0.39 is 5.54 Å². The fourth-order valence-electron chi connectivity index (χ4n) is 3.44. The number of ether oxygens (including phenoxy) is 2. The van der Waals surface area contributed by atoms with Crippen LogP contribution in [0.2, 0.25) is 0 Å². The van der Waals surface area contributed by atoms with Crippen LogP contribution in [0.15, 0.2) is 4.52 Å². The lowest BCUT2D eigenvalue weighted by molar-refractivity contribution is 0.177. The van der Waals surface area contributed by atoms with Gasteiger partial charge in [0.15, 0.2) is 11.6 Å². The van der Waals surface area contributed by atoms with Gasteiger partial charge in [-0.15, -0.1) is 11.3 Å². The highest BCUT2D eigenvalue weighted by atomic mass is 32.1. The van der Waals surface area contributed by atoms with E-state index >= 15 is 0 Å². The van der Waals surface area contributed by atoms with Gasteiger partial charge in [-0.3, -0.25) is 0 Å². The van der Waals surface area contributed by atoms with Crippen molar-refractivity contribution in [2.24, 2.45) is 5.73 Å². The van der Waals surface area contributed by atoms with Crippen molar-refractivity contribution in [3.8, 4) is 16.6 Å². The standard InChI is InChI=1S/C17H21N5O3S/c1-9-11-13(24-3)19-10(8-23-2)20-15(11)26-12(9)14-21-16(22-25-14)17(18)6-4-5-7-17/h4-8,18H2,1-3H3. The summed E-state index contributed by atoms with van der Waals surface area (Å²) in [5, 5.41) is 5.01. The third-order valence-electron chi connectivity index (χ3n) is 4.83. The number of rotatable bonds is 5. The van der Waals surface area contributed by atoms with Gasteiger partial charge in [0.2, 0.25) is 5.88 Å². The number of hydrogen-bond acceptors (Lipinski definition) is 9. The van der Waals surface area contributed by atoms with Gasteiger partial charge >= 0.3 is 0 Å². The Morgan fingerprint density at radius 1 is 1.19 bits per heavy atom. The summed E-state index contributed by atoms with van der Waals surface area (Å²) in [6.45, 7) is 2.30. The molecule has 0 amide bonds. The highest BCUT2D eigenvalue weighted by molar-refractivity contribution is 7.22. The molecular weight excluding hydrogens is 354 g/mol. The Morgan fingerprint density at radius 2 is 1.96 bits per heavy atom. The Hall–Kier alpha value is -2.10. The van der Waals surface area contributed by atoms with E-state index in [1.54, 1.807) is 14.2 Å². The third-order valence-corrected chi connectivity index (χ3v) is 6.01. The summed E-state index contributed by atoms with van der Waals surface area (Å²) in [5.41, 5.74) is 6.93. The minimum Gasteiger partial charge on any atom is -0.480 e. The Balaban J connectivity index is 1.80. The lowest BCUT2D eigenvalue weighted by Gasteiger charge is -2.17. The number of hydrogen-bond donors (Lipinski definition) is 1. The molecule has 2 N–H and O–H groups in total. The smallest absolute Gasteiger partial charge is 0.268 e. The molecule has 0 atom stereocenters. The molecule has 8 nitrogen and oxygen atoms in total. The van der Waals surface area contributed by atoms with Crippen LogP contribution in [0.1, 0.15) is 42.9 Å². The van der Waals surface area contributed by atoms with Gasteiger partial charge < -0.3 is 19.7 Å². The molecule has 1 aliphatic rings. The largest absolute Gasteiger partial charge is 0.480 e. The molecule has 0 aliphatic heterocycles. The van der Waals surface area contributed by atoms with E-state index in [0.717, 1.165) is 46.3 Å². The molecule has 138 valence electrons. The molecule has 1 aliphatic carbocycles. The van der Waals surface area contributed by atoms with E-state index in [1.165, 1.54) is 11.3 Å². The summed E-state index contributed by atoms with van der Waals surface area (Å²) in [7, 11) is 3.20. The molecular formula is C17H21N5O3S. The number of aryl methyl sites for hydroxylation is 1. The predicted molar refractivity (Wildman–Crippen MR) is 97.0 cm³/mol. The average Bonchev–Trinajstić information content (AvgIpc) is 3.34. The Morgan fingerprint density at radius 3 is 2.65 bits per heavy atom. The summed E-state index contributed by atoms with van der Waals surface area (Å²) < 4.78 is 16.1. The van der Waals surface area contributed by atoms with Crippen LogP contribution in [0.3, 0.4) is 0 Å². The van der Waals surface area contributed by atoms with Gasteiger partial charge in [-0.25, -0.2) is 4.98 Å². The third kappa shape index (κ3) is 2.76. The van der Waals surface area contributed by atoms with E-state index in [9.17, 15) is 0 Å². The Bertz CT molecular complexity index is 945. The van der Waals surface area contributed by atoms with Crippen LogP contribution in [-0.4, -0.2) is 34.3 Å². The fourth-order valence-corrected chi connectivity index (χ4v) is 4.55. The van der Waals surface area contributed by atoms with Gasteiger partial charge in [-0.2, -0.15) is 9.97 Å². The molecule has 0 radical (unpaired) electrons. The number of methoxy groups -OCH3 is 2. The summed E-state index contributed by atoms with van der Waals surface area (Å²) in [4.78, 5) is 15.3. The van der Waals surface area contributed by atoms with Gasteiger partial charge in [0.25, 0.3) is 5.89 Å². The monoisotopic (exact) mass is 375 g/mol. The van der Waals surface area contributed by atoms with E-state index in [0.29, 0.717) is 30.0 Å². The first kappa shape index (κ1) is 17.3. The summed E-state index contributed by atoms with van der Waals surface area (Å²) in [6, 6.07) is 0. The normalized spacial score (nSPS) is 16.5. The molecule has 4 rings (SSSR count). The van der Waals surface area contributed by atoms with Gasteiger partial charge in [0.05, 0.1) is 22.9 Å². The van der Waals surface area contributed by atoms with Crippen molar-refractivity contribution in [3.63, 3.8) is 0 Å². The van der Waals surface area contributed by atoms with Crippen LogP contribution in [0, 0.1) is 6.92 Å². The molecule has 1 fully saturated rings. The lowest BCUT2D eigenvalue weighted by Crippen LogP contribution is -2.34. The first-order valence-electron chi connectivity index (χ1n) is 8.52. The second kappa shape index (κ2) is 6.57. The van der Waals surface area contributed by atoms with Gasteiger partial charge in [0.1, 0.15) is 11.4 Å². The molecule has 3 aromatic rings. The molecule has 3 aromatic heterocycles. The van der Waals surface area contributed by atoms with Crippen LogP contribution in [0.25, 0.3) is 21.0 Å². The molecule has 0 saturated heterocycles. The highest BCUT2D eigenvalue weighted by Crippen LogP contribution is 2.41. The Labute approximate surface area is 154 Å². The lowest BCUT2D eigenvalue weighted by atomic mass is 9.99. The number of thiophene rings is 1. The van der Waals surface area contributed by atoms with Crippen LogP contribution in [-0.2, 0) is 16.9 Å².